The summed E-state index contributed by atoms with van der Waals surface area (Å²) in [7, 11) is 0. The van der Waals surface area contributed by atoms with Gasteiger partial charge in [0.2, 0.25) is 5.91 Å². The minimum Gasteiger partial charge on any atom is -0.324 e. The van der Waals surface area contributed by atoms with E-state index in [1.165, 1.54) is 31.2 Å². The van der Waals surface area contributed by atoms with Crippen molar-refractivity contribution in [3.63, 3.8) is 0 Å². The van der Waals surface area contributed by atoms with E-state index in [4.69, 9.17) is 11.6 Å². The second-order valence-corrected chi connectivity index (χ2v) is 4.46. The van der Waals surface area contributed by atoms with Gasteiger partial charge in [0.25, 0.3) is 5.91 Å². The van der Waals surface area contributed by atoms with Crippen molar-refractivity contribution in [2.24, 2.45) is 0 Å². The van der Waals surface area contributed by atoms with Crippen LogP contribution in [-0.2, 0) is 4.79 Å². The molecule has 6 nitrogen and oxygen atoms in total. The number of hydrogen-bond donors (Lipinski definition) is 2. The number of carbonyl (C=O) groups is 2. The number of rotatable bonds is 3. The van der Waals surface area contributed by atoms with E-state index in [9.17, 15) is 14.0 Å². The van der Waals surface area contributed by atoms with Gasteiger partial charge in [-0.1, -0.05) is 11.6 Å². The number of benzene rings is 1. The van der Waals surface area contributed by atoms with Crippen LogP contribution >= 0.6 is 11.6 Å². The molecular formula is C13H10ClFN4O2. The maximum Gasteiger partial charge on any atom is 0.276 e. The largest absolute Gasteiger partial charge is 0.324 e. The summed E-state index contributed by atoms with van der Waals surface area (Å²) in [5, 5.41) is 12.2. The highest BCUT2D eigenvalue weighted by Crippen LogP contribution is 2.20. The zero-order valence-electron chi connectivity index (χ0n) is 10.9. The lowest BCUT2D eigenvalue weighted by Crippen LogP contribution is -2.15. The molecule has 0 saturated heterocycles. The highest BCUT2D eigenvalue weighted by molar-refractivity contribution is 6.29. The van der Waals surface area contributed by atoms with Gasteiger partial charge in [0.15, 0.2) is 10.8 Å². The first-order valence-corrected chi connectivity index (χ1v) is 6.21. The molecule has 0 aliphatic carbocycles. The molecule has 1 aromatic heterocycles. The van der Waals surface area contributed by atoms with E-state index in [0.29, 0.717) is 5.69 Å². The molecule has 0 aliphatic rings. The summed E-state index contributed by atoms with van der Waals surface area (Å²) in [6, 6.07) is 6.63. The SMILES string of the molecule is CC(=O)Nc1cc(NC(=O)c2ccc(Cl)nn2)ccc1F. The van der Waals surface area contributed by atoms with E-state index in [1.54, 1.807) is 0 Å². The summed E-state index contributed by atoms with van der Waals surface area (Å²) in [4.78, 5) is 22.9. The third-order valence-electron chi connectivity index (χ3n) is 2.40. The van der Waals surface area contributed by atoms with Crippen molar-refractivity contribution in [2.45, 2.75) is 6.92 Å². The molecule has 1 aromatic carbocycles. The van der Waals surface area contributed by atoms with Crippen LogP contribution in [0.1, 0.15) is 17.4 Å². The zero-order valence-corrected chi connectivity index (χ0v) is 11.6. The number of aromatic nitrogens is 2. The van der Waals surface area contributed by atoms with Crippen LogP contribution < -0.4 is 10.6 Å². The quantitative estimate of drug-likeness (QED) is 0.912. The zero-order chi connectivity index (χ0) is 15.4. The van der Waals surface area contributed by atoms with Crippen LogP contribution in [0, 0.1) is 5.82 Å². The average molecular weight is 309 g/mol. The van der Waals surface area contributed by atoms with Gasteiger partial charge in [-0.25, -0.2) is 4.39 Å². The average Bonchev–Trinajstić information content (AvgIpc) is 2.42. The molecule has 0 fully saturated rings. The predicted octanol–water partition coefficient (Wildman–Crippen LogP) is 2.48. The summed E-state index contributed by atoms with van der Waals surface area (Å²) in [5.41, 5.74) is 0.342. The standard InChI is InChI=1S/C13H10ClFN4O2/c1-7(20)16-11-6-8(2-3-9(11)15)17-13(21)10-4-5-12(14)19-18-10/h2-6H,1H3,(H,16,20)(H,17,21). The van der Waals surface area contributed by atoms with E-state index in [1.807, 2.05) is 0 Å². The maximum atomic E-state index is 13.5. The lowest BCUT2D eigenvalue weighted by Gasteiger charge is -2.08. The molecule has 8 heteroatoms. The van der Waals surface area contributed by atoms with Gasteiger partial charge in [-0.3, -0.25) is 9.59 Å². The topological polar surface area (TPSA) is 84.0 Å². The van der Waals surface area contributed by atoms with Crippen molar-refractivity contribution in [2.75, 3.05) is 10.6 Å². The normalized spacial score (nSPS) is 10.0. The fourth-order valence-corrected chi connectivity index (χ4v) is 1.62. The Labute approximate surface area is 124 Å². The Kier molecular flexibility index (Phi) is 4.44. The molecule has 0 spiro atoms. The van der Waals surface area contributed by atoms with Crippen LogP contribution in [0.25, 0.3) is 0 Å². The number of halogens is 2. The van der Waals surface area contributed by atoms with E-state index in [2.05, 4.69) is 20.8 Å². The number of anilines is 2. The molecule has 2 rings (SSSR count). The summed E-state index contributed by atoms with van der Waals surface area (Å²) >= 11 is 5.58. The Morgan fingerprint density at radius 3 is 2.52 bits per heavy atom. The first-order chi connectivity index (χ1) is 9.95. The van der Waals surface area contributed by atoms with Gasteiger partial charge in [-0.15, -0.1) is 10.2 Å². The van der Waals surface area contributed by atoms with Crippen LogP contribution in [0.4, 0.5) is 15.8 Å². The Bertz CT molecular complexity index is 691. The van der Waals surface area contributed by atoms with E-state index in [0.717, 1.165) is 6.07 Å². The summed E-state index contributed by atoms with van der Waals surface area (Å²) in [6.07, 6.45) is 0. The Balaban J connectivity index is 2.17. The lowest BCUT2D eigenvalue weighted by atomic mass is 10.2. The molecule has 0 atom stereocenters. The molecule has 2 N–H and O–H groups in total. The van der Waals surface area contributed by atoms with Crippen LogP contribution in [0.2, 0.25) is 5.15 Å². The van der Waals surface area contributed by atoms with Crippen LogP contribution in [0.5, 0.6) is 0 Å². The van der Waals surface area contributed by atoms with Gasteiger partial charge < -0.3 is 10.6 Å². The maximum absolute atomic E-state index is 13.5. The van der Waals surface area contributed by atoms with Crippen molar-refractivity contribution in [3.05, 3.63) is 47.0 Å². The van der Waals surface area contributed by atoms with Gasteiger partial charge >= 0.3 is 0 Å². The molecule has 1 heterocycles. The van der Waals surface area contributed by atoms with Crippen molar-refractivity contribution in [1.82, 2.24) is 10.2 Å². The van der Waals surface area contributed by atoms with Crippen molar-refractivity contribution in [1.29, 1.82) is 0 Å². The second kappa shape index (κ2) is 6.27. The third-order valence-corrected chi connectivity index (χ3v) is 2.60. The molecule has 2 aromatic rings. The Morgan fingerprint density at radius 2 is 1.90 bits per heavy atom. The predicted molar refractivity (Wildman–Crippen MR) is 75.7 cm³/mol. The molecular weight excluding hydrogens is 299 g/mol. The minimum absolute atomic E-state index is 0.0255. The minimum atomic E-state index is -0.602. The molecule has 0 radical (unpaired) electrons. The number of nitrogens with zero attached hydrogens (tertiary/aromatic N) is 2. The molecule has 21 heavy (non-hydrogen) atoms. The molecule has 0 bridgehead atoms. The summed E-state index contributed by atoms with van der Waals surface area (Å²) in [5.74, 6) is -1.55. The highest BCUT2D eigenvalue weighted by Gasteiger charge is 2.11. The van der Waals surface area contributed by atoms with Gasteiger partial charge in [-0.2, -0.15) is 0 Å². The van der Waals surface area contributed by atoms with Crippen molar-refractivity contribution < 1.29 is 14.0 Å². The summed E-state index contributed by atoms with van der Waals surface area (Å²) in [6.45, 7) is 1.26. The first kappa shape index (κ1) is 14.9. The van der Waals surface area contributed by atoms with Crippen molar-refractivity contribution >= 4 is 34.8 Å². The van der Waals surface area contributed by atoms with E-state index >= 15 is 0 Å². The van der Waals surface area contributed by atoms with Crippen LogP contribution in [-0.4, -0.2) is 22.0 Å². The van der Waals surface area contributed by atoms with Crippen LogP contribution in [0.15, 0.2) is 30.3 Å². The fraction of sp³-hybridized carbons (Fsp3) is 0.0769. The van der Waals surface area contributed by atoms with Crippen LogP contribution in [0.3, 0.4) is 0 Å². The number of hydrogen-bond acceptors (Lipinski definition) is 4. The van der Waals surface area contributed by atoms with E-state index in [-0.39, 0.29) is 16.5 Å². The number of amides is 2. The van der Waals surface area contributed by atoms with Gasteiger partial charge in [0.05, 0.1) is 5.69 Å². The smallest absolute Gasteiger partial charge is 0.276 e. The highest BCUT2D eigenvalue weighted by atomic mass is 35.5. The Hall–Kier alpha value is -2.54. The molecule has 2 amide bonds. The number of carbonyl (C=O) groups excluding carboxylic acids is 2. The van der Waals surface area contributed by atoms with Gasteiger partial charge in [0.1, 0.15) is 5.82 Å². The van der Waals surface area contributed by atoms with Gasteiger partial charge in [-0.05, 0) is 30.3 Å². The molecule has 108 valence electrons. The van der Waals surface area contributed by atoms with Gasteiger partial charge in [0, 0.05) is 12.6 Å². The molecule has 0 unspecified atom stereocenters. The molecule has 0 saturated carbocycles. The molecule has 0 aliphatic heterocycles. The van der Waals surface area contributed by atoms with Crippen molar-refractivity contribution in [3.8, 4) is 0 Å². The second-order valence-electron chi connectivity index (χ2n) is 4.07. The third kappa shape index (κ3) is 3.96. The van der Waals surface area contributed by atoms with E-state index < -0.39 is 17.6 Å². The Morgan fingerprint density at radius 1 is 1.14 bits per heavy atom. The lowest BCUT2D eigenvalue weighted by molar-refractivity contribution is -0.114. The first-order valence-electron chi connectivity index (χ1n) is 5.83. The number of nitrogens with one attached hydrogen (secondary N) is 2. The summed E-state index contributed by atoms with van der Waals surface area (Å²) < 4.78 is 13.5. The monoisotopic (exact) mass is 308 g/mol. The fourth-order valence-electron chi connectivity index (χ4n) is 1.52.